The first-order valence-corrected chi connectivity index (χ1v) is 7.03. The molecule has 0 saturated heterocycles. The molecule has 110 valence electrons. The Kier molecular flexibility index (Phi) is 5.77. The molecule has 1 atom stereocenters. The summed E-state index contributed by atoms with van der Waals surface area (Å²) in [6.07, 6.45) is 0.778. The van der Waals surface area contributed by atoms with Crippen molar-refractivity contribution >= 4 is 34.8 Å². The maximum atomic E-state index is 12.5. The van der Waals surface area contributed by atoms with Crippen LogP contribution in [0.1, 0.15) is 37.6 Å². The van der Waals surface area contributed by atoms with Gasteiger partial charge in [-0.05, 0) is 20.3 Å². The summed E-state index contributed by atoms with van der Waals surface area (Å²) in [5.41, 5.74) is -0.184. The predicted octanol–water partition coefficient (Wildman–Crippen LogP) is 4.16. The van der Waals surface area contributed by atoms with Gasteiger partial charge in [-0.2, -0.15) is 0 Å². The van der Waals surface area contributed by atoms with Crippen molar-refractivity contribution in [1.82, 2.24) is 4.90 Å². The minimum absolute atomic E-state index is 0.00409. The molecule has 0 aromatic heterocycles. The summed E-state index contributed by atoms with van der Waals surface area (Å²) < 4.78 is 0. The van der Waals surface area contributed by atoms with Crippen LogP contribution in [0.25, 0.3) is 0 Å². The average molecular weight is 319 g/mol. The molecule has 0 aliphatic rings. The number of amides is 1. The second-order valence-corrected chi connectivity index (χ2v) is 5.18. The molecule has 0 radical (unpaired) electrons. The van der Waals surface area contributed by atoms with Crippen LogP contribution in [-0.4, -0.2) is 28.3 Å². The number of nitro benzene ring substituents is 1. The van der Waals surface area contributed by atoms with E-state index in [-0.39, 0.29) is 33.2 Å². The Morgan fingerprint density at radius 2 is 2.00 bits per heavy atom. The maximum absolute atomic E-state index is 12.5. The van der Waals surface area contributed by atoms with Gasteiger partial charge in [0.05, 0.1) is 20.5 Å². The summed E-state index contributed by atoms with van der Waals surface area (Å²) in [4.78, 5) is 24.3. The van der Waals surface area contributed by atoms with E-state index in [0.717, 1.165) is 12.5 Å². The molecule has 0 aliphatic heterocycles. The number of nitrogens with zero attached hydrogens (tertiary/aromatic N) is 2. The van der Waals surface area contributed by atoms with Gasteiger partial charge in [0.25, 0.3) is 11.6 Å². The van der Waals surface area contributed by atoms with E-state index < -0.39 is 4.92 Å². The maximum Gasteiger partial charge on any atom is 0.271 e. The van der Waals surface area contributed by atoms with Crippen LogP contribution in [0.4, 0.5) is 5.69 Å². The average Bonchev–Trinajstić information content (AvgIpc) is 2.41. The normalized spacial score (nSPS) is 12.1. The van der Waals surface area contributed by atoms with Crippen molar-refractivity contribution in [3.63, 3.8) is 0 Å². The molecule has 1 rings (SSSR count). The van der Waals surface area contributed by atoms with Crippen molar-refractivity contribution in [3.05, 3.63) is 37.9 Å². The van der Waals surface area contributed by atoms with Crippen molar-refractivity contribution in [2.45, 2.75) is 33.2 Å². The highest BCUT2D eigenvalue weighted by Gasteiger charge is 2.25. The molecular formula is C13H16Cl2N2O3. The molecule has 20 heavy (non-hydrogen) atoms. The van der Waals surface area contributed by atoms with Crippen molar-refractivity contribution < 1.29 is 9.72 Å². The van der Waals surface area contributed by atoms with E-state index in [4.69, 9.17) is 23.2 Å². The fraction of sp³-hybridized carbons (Fsp3) is 0.462. The van der Waals surface area contributed by atoms with Gasteiger partial charge in [-0.15, -0.1) is 0 Å². The second-order valence-electron chi connectivity index (χ2n) is 4.39. The quantitative estimate of drug-likeness (QED) is 0.604. The van der Waals surface area contributed by atoms with Gasteiger partial charge in [0, 0.05) is 24.7 Å². The Balaban J connectivity index is 3.30. The van der Waals surface area contributed by atoms with Gasteiger partial charge in [-0.1, -0.05) is 30.1 Å². The van der Waals surface area contributed by atoms with Gasteiger partial charge in [-0.3, -0.25) is 14.9 Å². The first-order chi connectivity index (χ1) is 9.33. The minimum Gasteiger partial charge on any atom is -0.336 e. The van der Waals surface area contributed by atoms with Gasteiger partial charge in [0.2, 0.25) is 0 Å². The summed E-state index contributed by atoms with van der Waals surface area (Å²) >= 11 is 11.9. The number of rotatable bonds is 5. The van der Waals surface area contributed by atoms with Crippen molar-refractivity contribution in [2.75, 3.05) is 6.54 Å². The van der Waals surface area contributed by atoms with E-state index in [1.165, 1.54) is 6.07 Å². The van der Waals surface area contributed by atoms with Crippen LogP contribution >= 0.6 is 23.2 Å². The largest absolute Gasteiger partial charge is 0.336 e. The van der Waals surface area contributed by atoms with Crippen molar-refractivity contribution in [1.29, 1.82) is 0 Å². The molecule has 1 unspecified atom stereocenters. The third kappa shape index (κ3) is 3.41. The number of hydrogen-bond donors (Lipinski definition) is 0. The van der Waals surface area contributed by atoms with Gasteiger partial charge >= 0.3 is 0 Å². The van der Waals surface area contributed by atoms with E-state index in [0.29, 0.717) is 6.54 Å². The summed E-state index contributed by atoms with van der Waals surface area (Å²) in [5, 5.41) is 10.9. The molecule has 1 amide bonds. The number of carbonyl (C=O) groups is 1. The molecular weight excluding hydrogens is 303 g/mol. The minimum atomic E-state index is -0.599. The second kappa shape index (κ2) is 6.90. The third-order valence-corrected chi connectivity index (χ3v) is 3.98. The fourth-order valence-corrected chi connectivity index (χ4v) is 2.27. The molecule has 0 spiro atoms. The molecule has 0 aliphatic carbocycles. The first-order valence-electron chi connectivity index (χ1n) is 6.27. The molecule has 1 aromatic rings. The van der Waals surface area contributed by atoms with E-state index in [1.54, 1.807) is 4.90 Å². The van der Waals surface area contributed by atoms with Gasteiger partial charge < -0.3 is 4.90 Å². The molecule has 0 saturated carbocycles. The zero-order valence-electron chi connectivity index (χ0n) is 11.5. The molecule has 5 nitrogen and oxygen atoms in total. The van der Waals surface area contributed by atoms with E-state index in [1.807, 2.05) is 20.8 Å². The lowest BCUT2D eigenvalue weighted by molar-refractivity contribution is -0.384. The van der Waals surface area contributed by atoms with Crippen LogP contribution in [0.15, 0.2) is 12.1 Å². The summed E-state index contributed by atoms with van der Waals surface area (Å²) in [6.45, 7) is 6.21. The molecule has 0 heterocycles. The summed E-state index contributed by atoms with van der Waals surface area (Å²) in [5.74, 6) is -0.350. The third-order valence-electron chi connectivity index (χ3n) is 3.18. The molecule has 0 fully saturated rings. The summed E-state index contributed by atoms with van der Waals surface area (Å²) in [7, 11) is 0. The van der Waals surface area contributed by atoms with Crippen LogP contribution in [0, 0.1) is 10.1 Å². The fourth-order valence-electron chi connectivity index (χ4n) is 1.87. The SMILES string of the molecule is CCC(C)N(CC)C(=O)c1cc([N+](=O)[O-])cc(Cl)c1Cl. The van der Waals surface area contributed by atoms with Gasteiger partial charge in [0.15, 0.2) is 0 Å². The Bertz CT molecular complexity index is 535. The Hall–Kier alpha value is -1.33. The highest BCUT2D eigenvalue weighted by Crippen LogP contribution is 2.32. The van der Waals surface area contributed by atoms with Crippen molar-refractivity contribution in [2.24, 2.45) is 0 Å². The number of carbonyl (C=O) groups excluding carboxylic acids is 1. The lowest BCUT2D eigenvalue weighted by atomic mass is 10.1. The number of halogens is 2. The molecule has 0 bridgehead atoms. The highest BCUT2D eigenvalue weighted by atomic mass is 35.5. The number of non-ortho nitro benzene ring substituents is 1. The van der Waals surface area contributed by atoms with E-state index in [9.17, 15) is 14.9 Å². The van der Waals surface area contributed by atoms with E-state index in [2.05, 4.69) is 0 Å². The Labute approximate surface area is 127 Å². The molecule has 0 N–H and O–H groups in total. The topological polar surface area (TPSA) is 63.5 Å². The van der Waals surface area contributed by atoms with Crippen LogP contribution in [0.3, 0.4) is 0 Å². The Morgan fingerprint density at radius 1 is 1.40 bits per heavy atom. The number of hydrogen-bond acceptors (Lipinski definition) is 3. The smallest absolute Gasteiger partial charge is 0.271 e. The monoisotopic (exact) mass is 318 g/mol. The zero-order valence-corrected chi connectivity index (χ0v) is 13.0. The molecule has 1 aromatic carbocycles. The van der Waals surface area contributed by atoms with E-state index >= 15 is 0 Å². The van der Waals surface area contributed by atoms with Gasteiger partial charge in [0.1, 0.15) is 0 Å². The predicted molar refractivity (Wildman–Crippen MR) is 79.6 cm³/mol. The van der Waals surface area contributed by atoms with Crippen LogP contribution in [0.5, 0.6) is 0 Å². The highest BCUT2D eigenvalue weighted by molar-refractivity contribution is 6.44. The number of benzene rings is 1. The van der Waals surface area contributed by atoms with Crippen LogP contribution < -0.4 is 0 Å². The lowest BCUT2D eigenvalue weighted by Crippen LogP contribution is -2.38. The zero-order chi connectivity index (χ0) is 15.4. The standard InChI is InChI=1S/C13H16Cl2N2O3/c1-4-8(3)16(5-2)13(18)10-6-9(17(19)20)7-11(14)12(10)15/h6-8H,4-5H2,1-3H3. The molecule has 7 heteroatoms. The first kappa shape index (κ1) is 16.7. The summed E-state index contributed by atoms with van der Waals surface area (Å²) in [6, 6.07) is 2.32. The van der Waals surface area contributed by atoms with Crippen molar-refractivity contribution in [3.8, 4) is 0 Å². The van der Waals surface area contributed by atoms with Crippen LogP contribution in [0.2, 0.25) is 10.0 Å². The van der Waals surface area contributed by atoms with Gasteiger partial charge in [-0.25, -0.2) is 0 Å². The lowest BCUT2D eigenvalue weighted by Gasteiger charge is -2.27. The Morgan fingerprint density at radius 3 is 2.45 bits per heavy atom. The van der Waals surface area contributed by atoms with Crippen LogP contribution in [-0.2, 0) is 0 Å². The number of nitro groups is 1.